The Morgan fingerprint density at radius 3 is 2.30 bits per heavy atom. The molecule has 1 aromatic rings. The van der Waals surface area contributed by atoms with Crippen molar-refractivity contribution in [2.75, 3.05) is 6.61 Å². The van der Waals surface area contributed by atoms with Crippen LogP contribution in [0.25, 0.3) is 0 Å². The minimum Gasteiger partial charge on any atom is -0.508 e. The van der Waals surface area contributed by atoms with Crippen molar-refractivity contribution in [1.82, 2.24) is 0 Å². The highest BCUT2D eigenvalue weighted by molar-refractivity contribution is 5.44. The lowest BCUT2D eigenvalue weighted by molar-refractivity contribution is 0.301. The molecule has 20 heavy (non-hydrogen) atoms. The van der Waals surface area contributed by atoms with Gasteiger partial charge in [0.05, 0.1) is 6.61 Å². The molecule has 0 amide bonds. The zero-order valence-corrected chi connectivity index (χ0v) is 13.5. The molecule has 1 N–H and O–H groups in total. The summed E-state index contributed by atoms with van der Waals surface area (Å²) in [6.45, 7) is 9.22. The molecule has 1 aromatic carbocycles. The number of phenols is 1. The predicted octanol–water partition coefficient (Wildman–Crippen LogP) is 5.38. The van der Waals surface area contributed by atoms with Crippen LogP contribution in [0.2, 0.25) is 0 Å². The number of phenolic OH excluding ortho intramolecular Hbond substituents is 1. The van der Waals surface area contributed by atoms with E-state index in [1.54, 1.807) is 6.07 Å². The van der Waals surface area contributed by atoms with Crippen molar-refractivity contribution >= 4 is 0 Å². The molecular weight excluding hydrogens is 248 g/mol. The van der Waals surface area contributed by atoms with E-state index in [0.29, 0.717) is 5.75 Å². The average Bonchev–Trinajstić information content (AvgIpc) is 2.38. The van der Waals surface area contributed by atoms with Crippen LogP contribution in [0.5, 0.6) is 11.5 Å². The number of rotatable bonds is 9. The number of aryl methyl sites for hydroxylation is 2. The molecule has 0 aliphatic carbocycles. The van der Waals surface area contributed by atoms with Crippen molar-refractivity contribution in [2.24, 2.45) is 5.92 Å². The lowest BCUT2D eigenvalue weighted by atomic mass is 10.0. The third kappa shape index (κ3) is 6.31. The molecule has 1 rings (SSSR count). The molecule has 0 saturated carbocycles. The van der Waals surface area contributed by atoms with Crippen molar-refractivity contribution in [3.05, 3.63) is 23.3 Å². The maximum absolute atomic E-state index is 9.60. The Morgan fingerprint density at radius 2 is 1.60 bits per heavy atom. The van der Waals surface area contributed by atoms with E-state index < -0.39 is 0 Å². The fraction of sp³-hybridized carbons (Fsp3) is 0.667. The Kier molecular flexibility index (Phi) is 7.50. The third-order valence-corrected chi connectivity index (χ3v) is 3.68. The van der Waals surface area contributed by atoms with Crippen LogP contribution in [0.3, 0.4) is 0 Å². The van der Waals surface area contributed by atoms with E-state index in [1.165, 1.54) is 32.1 Å². The molecule has 2 nitrogen and oxygen atoms in total. The lowest BCUT2D eigenvalue weighted by Gasteiger charge is -2.11. The summed E-state index contributed by atoms with van der Waals surface area (Å²) >= 11 is 0. The standard InChI is InChI=1S/C18H30O2/c1-14(2)10-8-6-5-7-9-11-20-18-13-15(3)17(19)12-16(18)4/h12-14,19H,5-11H2,1-4H3. The van der Waals surface area contributed by atoms with Gasteiger partial charge in [0, 0.05) is 0 Å². The number of benzene rings is 1. The Morgan fingerprint density at radius 1 is 0.950 bits per heavy atom. The molecule has 0 aromatic heterocycles. The zero-order valence-electron chi connectivity index (χ0n) is 13.5. The number of ether oxygens (including phenoxy) is 1. The maximum atomic E-state index is 9.60. The first-order chi connectivity index (χ1) is 9.50. The molecule has 0 spiro atoms. The lowest BCUT2D eigenvalue weighted by Crippen LogP contribution is -1.99. The molecule has 0 aliphatic heterocycles. The van der Waals surface area contributed by atoms with Gasteiger partial charge in [-0.05, 0) is 49.4 Å². The SMILES string of the molecule is Cc1cc(OCCCCCCCC(C)C)c(C)cc1O. The molecule has 0 radical (unpaired) electrons. The highest BCUT2D eigenvalue weighted by Gasteiger charge is 2.04. The van der Waals surface area contributed by atoms with Gasteiger partial charge >= 0.3 is 0 Å². The Labute approximate surface area is 124 Å². The third-order valence-electron chi connectivity index (χ3n) is 3.68. The summed E-state index contributed by atoms with van der Waals surface area (Å²) in [5.41, 5.74) is 1.88. The van der Waals surface area contributed by atoms with Crippen molar-refractivity contribution in [3.63, 3.8) is 0 Å². The van der Waals surface area contributed by atoms with Gasteiger partial charge in [0.1, 0.15) is 11.5 Å². The number of hydrogen-bond acceptors (Lipinski definition) is 2. The zero-order chi connectivity index (χ0) is 15.0. The average molecular weight is 278 g/mol. The predicted molar refractivity (Wildman–Crippen MR) is 85.6 cm³/mol. The molecule has 0 unspecified atom stereocenters. The van der Waals surface area contributed by atoms with Crippen LogP contribution in [-0.2, 0) is 0 Å². The quantitative estimate of drug-likeness (QED) is 0.614. The molecule has 0 atom stereocenters. The molecule has 0 aliphatic rings. The van der Waals surface area contributed by atoms with E-state index in [9.17, 15) is 5.11 Å². The second-order valence-electron chi connectivity index (χ2n) is 6.20. The first-order valence-electron chi connectivity index (χ1n) is 7.93. The van der Waals surface area contributed by atoms with Crippen LogP contribution < -0.4 is 4.74 Å². The minimum absolute atomic E-state index is 0.347. The maximum Gasteiger partial charge on any atom is 0.122 e. The summed E-state index contributed by atoms with van der Waals surface area (Å²) in [4.78, 5) is 0. The van der Waals surface area contributed by atoms with Gasteiger partial charge in [0.2, 0.25) is 0 Å². The molecule has 0 heterocycles. The van der Waals surface area contributed by atoms with Crippen molar-refractivity contribution in [3.8, 4) is 11.5 Å². The van der Waals surface area contributed by atoms with Crippen LogP contribution in [0.1, 0.15) is 63.5 Å². The van der Waals surface area contributed by atoms with E-state index >= 15 is 0 Å². The van der Waals surface area contributed by atoms with Crippen LogP contribution in [0.4, 0.5) is 0 Å². The Bertz CT molecular complexity index is 397. The summed E-state index contributed by atoms with van der Waals surface area (Å²) in [6.07, 6.45) is 7.71. The summed E-state index contributed by atoms with van der Waals surface area (Å²) in [6, 6.07) is 3.70. The fourth-order valence-corrected chi connectivity index (χ4v) is 2.30. The largest absolute Gasteiger partial charge is 0.508 e. The normalized spacial score (nSPS) is 11.1. The van der Waals surface area contributed by atoms with E-state index in [0.717, 1.165) is 35.8 Å². The van der Waals surface area contributed by atoms with E-state index in [4.69, 9.17) is 4.74 Å². The monoisotopic (exact) mass is 278 g/mol. The Balaban J connectivity index is 2.14. The van der Waals surface area contributed by atoms with Crippen LogP contribution in [0.15, 0.2) is 12.1 Å². The highest BCUT2D eigenvalue weighted by atomic mass is 16.5. The molecule has 0 bridgehead atoms. The fourth-order valence-electron chi connectivity index (χ4n) is 2.30. The second-order valence-corrected chi connectivity index (χ2v) is 6.20. The van der Waals surface area contributed by atoms with Crippen molar-refractivity contribution in [1.29, 1.82) is 0 Å². The number of hydrogen-bond donors (Lipinski definition) is 1. The summed E-state index contributed by atoms with van der Waals surface area (Å²) in [5, 5.41) is 9.60. The van der Waals surface area contributed by atoms with Crippen LogP contribution in [0, 0.1) is 19.8 Å². The molecule has 0 saturated heterocycles. The van der Waals surface area contributed by atoms with Crippen LogP contribution in [-0.4, -0.2) is 11.7 Å². The summed E-state index contributed by atoms with van der Waals surface area (Å²) in [5.74, 6) is 2.08. The number of aromatic hydroxyl groups is 1. The molecule has 2 heteroatoms. The van der Waals surface area contributed by atoms with Gasteiger partial charge in [-0.2, -0.15) is 0 Å². The van der Waals surface area contributed by atoms with Crippen LogP contribution >= 0.6 is 0 Å². The van der Waals surface area contributed by atoms with Crippen molar-refractivity contribution in [2.45, 2.75) is 66.2 Å². The van der Waals surface area contributed by atoms with Crippen molar-refractivity contribution < 1.29 is 9.84 Å². The van der Waals surface area contributed by atoms with Gasteiger partial charge in [0.15, 0.2) is 0 Å². The minimum atomic E-state index is 0.347. The van der Waals surface area contributed by atoms with E-state index in [-0.39, 0.29) is 0 Å². The highest BCUT2D eigenvalue weighted by Crippen LogP contribution is 2.26. The first kappa shape index (κ1) is 16.9. The Hall–Kier alpha value is -1.18. The van der Waals surface area contributed by atoms with Gasteiger partial charge in [-0.25, -0.2) is 0 Å². The smallest absolute Gasteiger partial charge is 0.122 e. The van der Waals surface area contributed by atoms with E-state index in [1.807, 2.05) is 19.9 Å². The van der Waals surface area contributed by atoms with Gasteiger partial charge in [-0.3, -0.25) is 0 Å². The topological polar surface area (TPSA) is 29.5 Å². The van der Waals surface area contributed by atoms with E-state index in [2.05, 4.69) is 13.8 Å². The van der Waals surface area contributed by atoms with Gasteiger partial charge in [-0.1, -0.05) is 46.0 Å². The molecular formula is C18H30O2. The van der Waals surface area contributed by atoms with Gasteiger partial charge in [-0.15, -0.1) is 0 Å². The van der Waals surface area contributed by atoms with Gasteiger partial charge < -0.3 is 9.84 Å². The number of unbranched alkanes of at least 4 members (excludes halogenated alkanes) is 4. The summed E-state index contributed by atoms with van der Waals surface area (Å²) < 4.78 is 5.81. The first-order valence-corrected chi connectivity index (χ1v) is 7.93. The molecule has 0 fully saturated rings. The second kappa shape index (κ2) is 8.89. The van der Waals surface area contributed by atoms with Gasteiger partial charge in [0.25, 0.3) is 0 Å². The summed E-state index contributed by atoms with van der Waals surface area (Å²) in [7, 11) is 0. The molecule has 114 valence electrons.